The molecule has 1 aromatic heterocycles. The molecule has 3 aromatic carbocycles. The molecule has 0 atom stereocenters. The van der Waals surface area contributed by atoms with Crippen molar-refractivity contribution < 1.29 is 9.47 Å². The van der Waals surface area contributed by atoms with E-state index < -0.39 is 0 Å². The summed E-state index contributed by atoms with van der Waals surface area (Å²) in [6.45, 7) is 2.80. The Kier molecular flexibility index (Phi) is 7.72. The summed E-state index contributed by atoms with van der Waals surface area (Å²) in [5, 5.41) is 6.09. The van der Waals surface area contributed by atoms with Crippen molar-refractivity contribution in [3.63, 3.8) is 0 Å². The molecule has 0 radical (unpaired) electrons. The highest BCUT2D eigenvalue weighted by atomic mass is 127. The molecule has 0 unspecified atom stereocenters. The number of hydrogen-bond acceptors (Lipinski definition) is 6. The third-order valence-electron chi connectivity index (χ3n) is 4.37. The van der Waals surface area contributed by atoms with Crippen molar-refractivity contribution in [2.24, 2.45) is 5.10 Å². The minimum atomic E-state index is 0.347. The molecule has 32 heavy (non-hydrogen) atoms. The lowest BCUT2D eigenvalue weighted by atomic mass is 10.2. The summed E-state index contributed by atoms with van der Waals surface area (Å²) in [6.07, 6.45) is 1.74. The summed E-state index contributed by atoms with van der Waals surface area (Å²) in [5.41, 5.74) is 5.76. The van der Waals surface area contributed by atoms with Gasteiger partial charge in [-0.3, -0.25) is 5.43 Å². The molecule has 1 N–H and O–H groups in total. The zero-order chi connectivity index (χ0) is 22.5. The number of hydrazone groups is 1. The van der Waals surface area contributed by atoms with Crippen LogP contribution in [0.3, 0.4) is 0 Å². The van der Waals surface area contributed by atoms with E-state index in [4.69, 9.17) is 32.7 Å². The third kappa shape index (κ3) is 5.64. The minimum absolute atomic E-state index is 0.347. The first kappa shape index (κ1) is 23.1. The fourth-order valence-corrected chi connectivity index (χ4v) is 4.85. The molecule has 9 heteroatoms. The summed E-state index contributed by atoms with van der Waals surface area (Å²) in [6, 6.07) is 17.3. The molecule has 4 rings (SSSR count). The minimum Gasteiger partial charge on any atom is -0.490 e. The van der Waals surface area contributed by atoms with Crippen LogP contribution in [-0.2, 0) is 6.61 Å². The van der Waals surface area contributed by atoms with Crippen LogP contribution in [0.2, 0.25) is 10.0 Å². The Hall–Kier alpha value is -2.07. The zero-order valence-corrected chi connectivity index (χ0v) is 21.4. The summed E-state index contributed by atoms with van der Waals surface area (Å²) in [7, 11) is 0. The predicted octanol–water partition coefficient (Wildman–Crippen LogP) is 7.63. The van der Waals surface area contributed by atoms with Crippen LogP contribution >= 0.6 is 57.1 Å². The van der Waals surface area contributed by atoms with Gasteiger partial charge in [-0.1, -0.05) is 52.7 Å². The van der Waals surface area contributed by atoms with Crippen molar-refractivity contribution in [1.82, 2.24) is 4.98 Å². The fourth-order valence-electron chi connectivity index (χ4n) is 2.93. The Morgan fingerprint density at radius 3 is 2.72 bits per heavy atom. The molecular weight excluding hydrogens is 580 g/mol. The Morgan fingerprint density at radius 1 is 1.09 bits per heavy atom. The molecule has 0 aliphatic rings. The summed E-state index contributed by atoms with van der Waals surface area (Å²) >= 11 is 15.9. The fraction of sp³-hybridized carbons (Fsp3) is 0.130. The van der Waals surface area contributed by atoms with E-state index in [2.05, 4.69) is 38.1 Å². The molecule has 4 aromatic rings. The van der Waals surface area contributed by atoms with Crippen LogP contribution < -0.4 is 14.9 Å². The number of anilines is 1. The lowest BCUT2D eigenvalue weighted by Crippen LogP contribution is -2.03. The van der Waals surface area contributed by atoms with Gasteiger partial charge in [0.25, 0.3) is 0 Å². The van der Waals surface area contributed by atoms with E-state index in [9.17, 15) is 0 Å². The number of ether oxygens (including phenoxy) is 2. The molecule has 0 saturated carbocycles. The van der Waals surface area contributed by atoms with E-state index in [1.54, 1.807) is 29.7 Å². The van der Waals surface area contributed by atoms with Gasteiger partial charge in [0, 0.05) is 0 Å². The van der Waals surface area contributed by atoms with Gasteiger partial charge in [-0.2, -0.15) is 5.10 Å². The second-order valence-corrected chi connectivity index (χ2v) is 9.66. The van der Waals surface area contributed by atoms with Crippen molar-refractivity contribution in [2.75, 3.05) is 12.0 Å². The van der Waals surface area contributed by atoms with Gasteiger partial charge < -0.3 is 9.47 Å². The molecule has 0 spiro atoms. The topological polar surface area (TPSA) is 55.7 Å². The summed E-state index contributed by atoms with van der Waals surface area (Å²) in [5.74, 6) is 1.33. The monoisotopic (exact) mass is 597 g/mol. The van der Waals surface area contributed by atoms with Crippen LogP contribution in [0.1, 0.15) is 18.1 Å². The molecule has 0 bridgehead atoms. The Balaban J connectivity index is 1.49. The van der Waals surface area contributed by atoms with E-state index in [0.29, 0.717) is 34.8 Å². The van der Waals surface area contributed by atoms with Crippen molar-refractivity contribution in [3.8, 4) is 11.5 Å². The van der Waals surface area contributed by atoms with Crippen LogP contribution in [0, 0.1) is 3.57 Å². The van der Waals surface area contributed by atoms with E-state index >= 15 is 0 Å². The first-order valence-electron chi connectivity index (χ1n) is 9.71. The maximum absolute atomic E-state index is 6.11. The van der Waals surface area contributed by atoms with Gasteiger partial charge >= 0.3 is 0 Å². The number of rotatable bonds is 8. The highest BCUT2D eigenvalue weighted by Gasteiger charge is 2.13. The van der Waals surface area contributed by atoms with Gasteiger partial charge in [0.05, 0.1) is 36.7 Å². The maximum Gasteiger partial charge on any atom is 0.204 e. The summed E-state index contributed by atoms with van der Waals surface area (Å²) in [4.78, 5) is 4.52. The number of thiazole rings is 1. The zero-order valence-electron chi connectivity index (χ0n) is 16.9. The number of aromatic nitrogens is 1. The SMILES string of the molecule is CCOc1cc(/C=N/Nc2nc3ccccc3s2)cc(I)c1OCc1ccc(Cl)c(Cl)c1. The average molecular weight is 598 g/mol. The van der Waals surface area contributed by atoms with Gasteiger partial charge in [0.1, 0.15) is 6.61 Å². The number of halogens is 3. The molecule has 0 aliphatic carbocycles. The Bertz CT molecular complexity index is 1250. The average Bonchev–Trinajstić information content (AvgIpc) is 3.18. The largest absolute Gasteiger partial charge is 0.490 e. The molecular formula is C23H18Cl2IN3O2S. The van der Waals surface area contributed by atoms with E-state index in [1.165, 1.54) is 0 Å². The molecule has 5 nitrogen and oxygen atoms in total. The van der Waals surface area contributed by atoms with Crippen LogP contribution in [0.4, 0.5) is 5.13 Å². The van der Waals surface area contributed by atoms with Gasteiger partial charge in [-0.05, 0) is 77.0 Å². The Labute approximate surface area is 213 Å². The third-order valence-corrected chi connectivity index (χ3v) is 6.85. The molecule has 0 saturated heterocycles. The standard InChI is InChI=1S/C23H18Cl2IN3O2S/c1-2-30-20-11-15(12-27-29-23-28-19-5-3-4-6-21(19)32-23)10-18(26)22(20)31-13-14-7-8-16(24)17(25)9-14/h3-12H,2,13H2,1H3,(H,28,29)/b27-12+. The number of benzene rings is 3. The molecule has 1 heterocycles. The molecule has 164 valence electrons. The number of fused-ring (bicyclic) bond motifs is 1. The molecule has 0 fully saturated rings. The van der Waals surface area contributed by atoms with Crippen LogP contribution in [0.5, 0.6) is 11.5 Å². The Morgan fingerprint density at radius 2 is 1.94 bits per heavy atom. The summed E-state index contributed by atoms with van der Waals surface area (Å²) < 4.78 is 13.9. The smallest absolute Gasteiger partial charge is 0.204 e. The second-order valence-electron chi connectivity index (χ2n) is 6.66. The molecule has 0 aliphatic heterocycles. The van der Waals surface area contributed by atoms with Crippen molar-refractivity contribution >= 4 is 78.7 Å². The predicted molar refractivity (Wildman–Crippen MR) is 142 cm³/mol. The number of para-hydroxylation sites is 1. The number of nitrogens with zero attached hydrogens (tertiary/aromatic N) is 2. The number of nitrogens with one attached hydrogen (secondary N) is 1. The van der Waals surface area contributed by atoms with Gasteiger partial charge in [-0.25, -0.2) is 4.98 Å². The highest BCUT2D eigenvalue weighted by Crippen LogP contribution is 2.35. The van der Waals surface area contributed by atoms with Crippen LogP contribution in [0.25, 0.3) is 10.2 Å². The van der Waals surface area contributed by atoms with E-state index in [1.807, 2.05) is 49.4 Å². The lowest BCUT2D eigenvalue weighted by Gasteiger charge is -2.15. The number of hydrogen-bond donors (Lipinski definition) is 1. The highest BCUT2D eigenvalue weighted by molar-refractivity contribution is 14.1. The first-order chi connectivity index (χ1) is 15.5. The molecule has 0 amide bonds. The van der Waals surface area contributed by atoms with Crippen molar-refractivity contribution in [1.29, 1.82) is 0 Å². The van der Waals surface area contributed by atoms with Crippen LogP contribution in [0.15, 0.2) is 59.7 Å². The quantitative estimate of drug-likeness (QED) is 0.129. The van der Waals surface area contributed by atoms with E-state index in [0.717, 1.165) is 30.0 Å². The normalized spacial score (nSPS) is 11.2. The second kappa shape index (κ2) is 10.7. The van der Waals surface area contributed by atoms with Gasteiger partial charge in [-0.15, -0.1) is 0 Å². The maximum atomic E-state index is 6.11. The lowest BCUT2D eigenvalue weighted by molar-refractivity contribution is 0.267. The van der Waals surface area contributed by atoms with E-state index in [-0.39, 0.29) is 0 Å². The van der Waals surface area contributed by atoms with Crippen molar-refractivity contribution in [3.05, 3.63) is 79.3 Å². The van der Waals surface area contributed by atoms with Crippen LogP contribution in [-0.4, -0.2) is 17.8 Å². The van der Waals surface area contributed by atoms with Crippen molar-refractivity contribution in [2.45, 2.75) is 13.5 Å². The first-order valence-corrected chi connectivity index (χ1v) is 12.4. The van der Waals surface area contributed by atoms with Gasteiger partial charge in [0.15, 0.2) is 11.5 Å². The van der Waals surface area contributed by atoms with Gasteiger partial charge in [0.2, 0.25) is 5.13 Å².